The van der Waals surface area contributed by atoms with Gasteiger partial charge >= 0.3 is 0 Å². The Morgan fingerprint density at radius 2 is 1.02 bits per heavy atom. The zero-order valence-corrected chi connectivity index (χ0v) is 32.3. The average Bonchev–Trinajstić information content (AvgIpc) is 3.10. The van der Waals surface area contributed by atoms with Crippen molar-refractivity contribution in [3.63, 3.8) is 0 Å². The van der Waals surface area contributed by atoms with E-state index >= 15 is 0 Å². The van der Waals surface area contributed by atoms with Gasteiger partial charge in [0.2, 0.25) is 5.78 Å². The number of unbranched alkanes of at least 4 members (excludes halogenated alkanes) is 23. The minimum absolute atomic E-state index is 0.0296. The van der Waals surface area contributed by atoms with Crippen molar-refractivity contribution in [3.05, 3.63) is 52.8 Å². The highest BCUT2D eigenvalue weighted by molar-refractivity contribution is 6.37. The Hall–Kier alpha value is -2.82. The molecular weight excluding hydrogens is 620 g/mol. The van der Waals surface area contributed by atoms with Crippen LogP contribution in [-0.2, 0) is 20.7 Å². The number of ether oxygens (including phenoxy) is 1. The van der Waals surface area contributed by atoms with Gasteiger partial charge in [-0.2, -0.15) is 0 Å². The first-order valence-electron chi connectivity index (χ1n) is 20.7. The van der Waals surface area contributed by atoms with Gasteiger partial charge in [0, 0.05) is 28.9 Å². The second-order valence-corrected chi connectivity index (χ2v) is 14.6. The van der Waals surface area contributed by atoms with Gasteiger partial charge in [-0.1, -0.05) is 154 Å². The second kappa shape index (κ2) is 27.8. The van der Waals surface area contributed by atoms with Crippen molar-refractivity contribution >= 4 is 17.1 Å². The summed E-state index contributed by atoms with van der Waals surface area (Å²) in [5.74, 6) is -0.730. The fraction of sp³-hybridized carbons (Fsp3) is 0.689. The van der Waals surface area contributed by atoms with Crippen molar-refractivity contribution in [2.45, 2.75) is 194 Å². The number of phenolic OH excluding ortho intramolecular Hbond substituents is 2. The molecule has 2 N–H and O–H groups in total. The van der Waals surface area contributed by atoms with Gasteiger partial charge in [-0.15, -0.1) is 0 Å². The zero-order valence-electron chi connectivity index (χ0n) is 32.3. The van der Waals surface area contributed by atoms with E-state index in [1.54, 1.807) is 6.07 Å². The number of phenols is 2. The molecule has 282 valence electrons. The Morgan fingerprint density at radius 1 is 0.580 bits per heavy atom. The first-order valence-corrected chi connectivity index (χ1v) is 20.7. The Morgan fingerprint density at radius 3 is 1.50 bits per heavy atom. The maximum atomic E-state index is 13.5. The SMILES string of the molecule is CCCCCCCC/C=C\CCCCCCCC1=C(c2c(O)cc(O)cc2CCCCCCCCCCCCCCC)C(=O)C=C(OC)C1=O. The monoisotopic (exact) mass is 693 g/mol. The van der Waals surface area contributed by atoms with E-state index in [-0.39, 0.29) is 34.4 Å². The Kier molecular flexibility index (Phi) is 24.1. The van der Waals surface area contributed by atoms with Gasteiger partial charge in [0.05, 0.1) is 7.11 Å². The molecule has 0 fully saturated rings. The van der Waals surface area contributed by atoms with Gasteiger partial charge in [0.1, 0.15) is 11.5 Å². The van der Waals surface area contributed by atoms with Gasteiger partial charge in [0.15, 0.2) is 11.5 Å². The van der Waals surface area contributed by atoms with Crippen LogP contribution in [0.25, 0.3) is 5.57 Å². The third-order valence-corrected chi connectivity index (χ3v) is 10.2. The van der Waals surface area contributed by atoms with E-state index in [4.69, 9.17) is 4.74 Å². The van der Waals surface area contributed by atoms with Gasteiger partial charge in [-0.3, -0.25) is 9.59 Å². The number of hydrogen-bond donors (Lipinski definition) is 2. The molecule has 2 rings (SSSR count). The number of carbonyl (C=O) groups is 2. The molecule has 0 saturated heterocycles. The van der Waals surface area contributed by atoms with Gasteiger partial charge in [0.25, 0.3) is 0 Å². The lowest BCUT2D eigenvalue weighted by Crippen LogP contribution is -2.20. The molecule has 0 amide bonds. The molecule has 50 heavy (non-hydrogen) atoms. The highest BCUT2D eigenvalue weighted by atomic mass is 16.5. The Balaban J connectivity index is 1.87. The molecule has 1 aliphatic carbocycles. The maximum Gasteiger partial charge on any atom is 0.224 e. The topological polar surface area (TPSA) is 83.8 Å². The van der Waals surface area contributed by atoms with Gasteiger partial charge in [-0.05, 0) is 63.0 Å². The molecule has 0 unspecified atom stereocenters. The summed E-state index contributed by atoms with van der Waals surface area (Å²) in [4.78, 5) is 27.0. The van der Waals surface area contributed by atoms with E-state index in [0.29, 0.717) is 24.0 Å². The molecule has 5 heteroatoms. The van der Waals surface area contributed by atoms with Crippen LogP contribution in [0.4, 0.5) is 0 Å². The lowest BCUT2D eigenvalue weighted by Gasteiger charge is -2.22. The summed E-state index contributed by atoms with van der Waals surface area (Å²) in [6.45, 7) is 4.52. The molecule has 0 spiro atoms. The summed E-state index contributed by atoms with van der Waals surface area (Å²) in [5.41, 5.74) is 1.81. The van der Waals surface area contributed by atoms with Crippen LogP contribution in [0.2, 0.25) is 0 Å². The standard InChI is InChI=1S/C45H72O5/c1-4-6-8-10-12-14-16-18-19-21-23-25-27-29-31-33-39-44(41(48)36-42(50-3)45(39)49)43-37(34-38(46)35-40(43)47)32-30-28-26-24-22-20-17-15-13-11-9-7-5-2/h18-19,34-36,46-47H,4-17,20-33H2,1-3H3/b19-18-. The first kappa shape index (κ1) is 43.3. The minimum atomic E-state index is -0.322. The number of Topliss-reactive ketones (excluding diaryl/α,β-unsaturated/α-hetero) is 1. The predicted octanol–water partition coefficient (Wildman–Crippen LogP) is 13.2. The first-order chi connectivity index (χ1) is 24.4. The van der Waals surface area contributed by atoms with Crippen molar-refractivity contribution in [2.24, 2.45) is 0 Å². The molecule has 0 saturated carbocycles. The molecule has 0 aromatic heterocycles. The van der Waals surface area contributed by atoms with Crippen LogP contribution in [0.15, 0.2) is 41.7 Å². The van der Waals surface area contributed by atoms with Crippen LogP contribution in [0.5, 0.6) is 11.5 Å². The summed E-state index contributed by atoms with van der Waals surface area (Å²) in [5, 5.41) is 21.4. The summed E-state index contributed by atoms with van der Waals surface area (Å²) in [6, 6.07) is 2.93. The lowest BCUT2D eigenvalue weighted by molar-refractivity contribution is -0.117. The zero-order chi connectivity index (χ0) is 36.2. The number of hydrogen-bond acceptors (Lipinski definition) is 5. The molecule has 0 radical (unpaired) electrons. The largest absolute Gasteiger partial charge is 0.508 e. The number of methoxy groups -OCH3 is 1. The van der Waals surface area contributed by atoms with Crippen LogP contribution >= 0.6 is 0 Å². The quantitative estimate of drug-likeness (QED) is 0.0460. The van der Waals surface area contributed by atoms with E-state index in [0.717, 1.165) is 56.9 Å². The highest BCUT2D eigenvalue weighted by Gasteiger charge is 2.32. The molecule has 0 heterocycles. The minimum Gasteiger partial charge on any atom is -0.508 e. The second-order valence-electron chi connectivity index (χ2n) is 14.6. The van der Waals surface area contributed by atoms with Crippen molar-refractivity contribution in [1.29, 1.82) is 0 Å². The predicted molar refractivity (Wildman–Crippen MR) is 211 cm³/mol. The molecule has 0 bridgehead atoms. The average molecular weight is 693 g/mol. The molecule has 1 aromatic rings. The van der Waals surface area contributed by atoms with E-state index in [2.05, 4.69) is 26.0 Å². The van der Waals surface area contributed by atoms with Crippen LogP contribution in [-0.4, -0.2) is 28.9 Å². The number of benzene rings is 1. The highest BCUT2D eigenvalue weighted by Crippen LogP contribution is 2.40. The normalized spacial score (nSPS) is 13.5. The van der Waals surface area contributed by atoms with Crippen molar-refractivity contribution < 1.29 is 24.5 Å². The number of carbonyl (C=O) groups excluding carboxylic acids is 2. The summed E-state index contributed by atoms with van der Waals surface area (Å²) >= 11 is 0. The van der Waals surface area contributed by atoms with E-state index in [1.165, 1.54) is 135 Å². The third-order valence-electron chi connectivity index (χ3n) is 10.2. The Labute approximate surface area is 306 Å². The fourth-order valence-corrected chi connectivity index (χ4v) is 7.19. The molecule has 1 aromatic carbocycles. The number of allylic oxidation sites excluding steroid dienone is 5. The third kappa shape index (κ3) is 17.4. The van der Waals surface area contributed by atoms with Crippen molar-refractivity contribution in [3.8, 4) is 11.5 Å². The fourth-order valence-electron chi connectivity index (χ4n) is 7.19. The van der Waals surface area contributed by atoms with Crippen molar-refractivity contribution in [2.75, 3.05) is 7.11 Å². The van der Waals surface area contributed by atoms with Crippen LogP contribution < -0.4 is 0 Å². The number of aryl methyl sites for hydroxylation is 1. The smallest absolute Gasteiger partial charge is 0.224 e. The number of rotatable bonds is 31. The van der Waals surface area contributed by atoms with E-state index in [9.17, 15) is 19.8 Å². The summed E-state index contributed by atoms with van der Waals surface area (Å²) in [6.07, 6.45) is 38.8. The number of aromatic hydroxyl groups is 2. The van der Waals surface area contributed by atoms with Crippen molar-refractivity contribution in [1.82, 2.24) is 0 Å². The molecule has 0 atom stereocenters. The molecule has 1 aliphatic rings. The lowest BCUT2D eigenvalue weighted by atomic mass is 9.82. The maximum absolute atomic E-state index is 13.5. The molecule has 5 nitrogen and oxygen atoms in total. The Bertz CT molecular complexity index is 1190. The van der Waals surface area contributed by atoms with Gasteiger partial charge in [-0.25, -0.2) is 0 Å². The van der Waals surface area contributed by atoms with Crippen LogP contribution in [0, 0.1) is 0 Å². The van der Waals surface area contributed by atoms with Crippen LogP contribution in [0.3, 0.4) is 0 Å². The molecule has 0 aliphatic heterocycles. The number of ketones is 2. The van der Waals surface area contributed by atoms with Crippen LogP contribution in [0.1, 0.15) is 198 Å². The summed E-state index contributed by atoms with van der Waals surface area (Å²) < 4.78 is 5.30. The van der Waals surface area contributed by atoms with E-state index in [1.807, 2.05) is 0 Å². The van der Waals surface area contributed by atoms with Gasteiger partial charge < -0.3 is 14.9 Å². The molecular formula is C45H72O5. The van der Waals surface area contributed by atoms with E-state index < -0.39 is 0 Å². The summed E-state index contributed by atoms with van der Waals surface area (Å²) in [7, 11) is 1.42.